The Kier molecular flexibility index (Phi) is 3.97. The van der Waals surface area contributed by atoms with Gasteiger partial charge in [-0.1, -0.05) is 23.4 Å². The fraction of sp³-hybridized carbons (Fsp3) is 0.200. The van der Waals surface area contributed by atoms with Crippen molar-refractivity contribution in [2.75, 3.05) is 13.2 Å². The zero-order chi connectivity index (χ0) is 13.1. The minimum atomic E-state index is 0.295. The number of benzene rings is 2. The van der Waals surface area contributed by atoms with Crippen molar-refractivity contribution in [3.05, 3.63) is 53.6 Å². The van der Waals surface area contributed by atoms with E-state index in [2.05, 4.69) is 12.1 Å². The van der Waals surface area contributed by atoms with Crippen LogP contribution in [0.5, 0.6) is 5.75 Å². The Labute approximate surface area is 121 Å². The van der Waals surface area contributed by atoms with Crippen molar-refractivity contribution in [3.8, 4) is 5.75 Å². The smallest absolute Gasteiger partial charge is 0.119 e. The summed E-state index contributed by atoms with van der Waals surface area (Å²) in [5.41, 5.74) is 0. The monoisotopic (exact) mass is 292 g/mol. The first-order chi connectivity index (χ1) is 9.29. The highest BCUT2D eigenvalue weighted by molar-refractivity contribution is 7.99. The van der Waals surface area contributed by atoms with Crippen molar-refractivity contribution in [3.63, 3.8) is 0 Å². The normalized spacial score (nSPS) is 17.2. The first-order valence-electron chi connectivity index (χ1n) is 6.07. The van der Waals surface area contributed by atoms with Crippen LogP contribution >= 0.6 is 23.4 Å². The fourth-order valence-electron chi connectivity index (χ4n) is 1.60. The Hall–Kier alpha value is -1.16. The Morgan fingerprint density at radius 1 is 1.05 bits per heavy atom. The molecule has 1 atom stereocenters. The molecule has 0 bridgehead atoms. The average Bonchev–Trinajstić information content (AvgIpc) is 3.25. The lowest BCUT2D eigenvalue weighted by atomic mass is 10.3. The van der Waals surface area contributed by atoms with E-state index in [0.717, 1.165) is 17.4 Å². The van der Waals surface area contributed by atoms with Crippen molar-refractivity contribution < 1.29 is 9.47 Å². The predicted molar refractivity (Wildman–Crippen MR) is 77.3 cm³/mol. The fourth-order valence-corrected chi connectivity index (χ4v) is 2.54. The molecular formula is C15H13ClO2S. The largest absolute Gasteiger partial charge is 0.491 e. The molecule has 1 aliphatic rings. The average molecular weight is 293 g/mol. The predicted octanol–water partition coefficient (Wildman–Crippen LogP) is 4.27. The second-order valence-corrected chi connectivity index (χ2v) is 5.88. The van der Waals surface area contributed by atoms with Crippen molar-refractivity contribution >= 4 is 23.4 Å². The maximum Gasteiger partial charge on any atom is 0.119 e. The summed E-state index contributed by atoms with van der Waals surface area (Å²) in [6.07, 6.45) is 0.295. The Bertz CT molecular complexity index is 535. The summed E-state index contributed by atoms with van der Waals surface area (Å²) in [5.74, 6) is 0.885. The lowest BCUT2D eigenvalue weighted by Gasteiger charge is -2.06. The molecule has 1 aliphatic heterocycles. The van der Waals surface area contributed by atoms with Gasteiger partial charge in [-0.25, -0.2) is 0 Å². The minimum absolute atomic E-state index is 0.295. The molecule has 1 fully saturated rings. The van der Waals surface area contributed by atoms with E-state index in [-0.39, 0.29) is 0 Å². The van der Waals surface area contributed by atoms with E-state index >= 15 is 0 Å². The molecule has 19 heavy (non-hydrogen) atoms. The van der Waals surface area contributed by atoms with Crippen molar-refractivity contribution in [1.82, 2.24) is 0 Å². The lowest BCUT2D eigenvalue weighted by Crippen LogP contribution is -2.03. The molecule has 1 unspecified atom stereocenters. The van der Waals surface area contributed by atoms with Gasteiger partial charge in [-0.05, 0) is 48.5 Å². The van der Waals surface area contributed by atoms with Gasteiger partial charge in [0.15, 0.2) is 0 Å². The number of hydrogen-bond acceptors (Lipinski definition) is 3. The molecule has 98 valence electrons. The van der Waals surface area contributed by atoms with E-state index in [1.54, 1.807) is 11.8 Å². The van der Waals surface area contributed by atoms with Gasteiger partial charge >= 0.3 is 0 Å². The van der Waals surface area contributed by atoms with Gasteiger partial charge in [0.1, 0.15) is 18.5 Å². The molecule has 1 saturated heterocycles. The third-order valence-electron chi connectivity index (χ3n) is 2.71. The van der Waals surface area contributed by atoms with Crippen molar-refractivity contribution in [2.45, 2.75) is 15.9 Å². The molecule has 2 aromatic carbocycles. The van der Waals surface area contributed by atoms with E-state index < -0.39 is 0 Å². The van der Waals surface area contributed by atoms with E-state index in [1.807, 2.05) is 36.4 Å². The summed E-state index contributed by atoms with van der Waals surface area (Å²) in [4.78, 5) is 2.35. The molecule has 0 aromatic heterocycles. The van der Waals surface area contributed by atoms with Crippen LogP contribution in [-0.4, -0.2) is 19.3 Å². The zero-order valence-electron chi connectivity index (χ0n) is 10.2. The second-order valence-electron chi connectivity index (χ2n) is 4.29. The highest BCUT2D eigenvalue weighted by atomic mass is 35.5. The zero-order valence-corrected chi connectivity index (χ0v) is 11.8. The molecule has 4 heteroatoms. The van der Waals surface area contributed by atoms with Crippen LogP contribution in [0.25, 0.3) is 0 Å². The Balaban J connectivity index is 1.59. The SMILES string of the molecule is Clc1ccc(Sc2ccc(OCC3CO3)cc2)cc1. The van der Waals surface area contributed by atoms with Crippen LogP contribution in [0.3, 0.4) is 0 Å². The standard InChI is InChI=1S/C15H13ClO2S/c16-11-1-5-14(6-2-11)19-15-7-3-12(4-8-15)17-9-13-10-18-13/h1-8,13H,9-10H2. The summed E-state index contributed by atoms with van der Waals surface area (Å²) in [5, 5.41) is 0.760. The highest BCUT2D eigenvalue weighted by Gasteiger charge is 2.22. The number of rotatable bonds is 5. The van der Waals surface area contributed by atoms with E-state index in [0.29, 0.717) is 12.7 Å². The summed E-state index contributed by atoms with van der Waals surface area (Å²) in [6, 6.07) is 15.9. The topological polar surface area (TPSA) is 21.8 Å². The molecule has 0 N–H and O–H groups in total. The van der Waals surface area contributed by atoms with Crippen LogP contribution in [-0.2, 0) is 4.74 Å². The molecule has 2 aromatic rings. The molecule has 0 radical (unpaired) electrons. The van der Waals surface area contributed by atoms with Gasteiger partial charge in [0.05, 0.1) is 6.61 Å². The van der Waals surface area contributed by atoms with Crippen molar-refractivity contribution in [1.29, 1.82) is 0 Å². The molecule has 0 aliphatic carbocycles. The van der Waals surface area contributed by atoms with Crippen LogP contribution in [0.1, 0.15) is 0 Å². The van der Waals surface area contributed by atoms with Gasteiger partial charge in [0, 0.05) is 14.8 Å². The van der Waals surface area contributed by atoms with Crippen LogP contribution < -0.4 is 4.74 Å². The van der Waals surface area contributed by atoms with Gasteiger partial charge < -0.3 is 9.47 Å². The van der Waals surface area contributed by atoms with Gasteiger partial charge in [-0.15, -0.1) is 0 Å². The molecule has 0 spiro atoms. The molecule has 0 saturated carbocycles. The maximum atomic E-state index is 5.86. The Morgan fingerprint density at radius 3 is 2.21 bits per heavy atom. The van der Waals surface area contributed by atoms with E-state index in [9.17, 15) is 0 Å². The lowest BCUT2D eigenvalue weighted by molar-refractivity contribution is 0.263. The summed E-state index contributed by atoms with van der Waals surface area (Å²) in [6.45, 7) is 1.47. The molecule has 1 heterocycles. The first-order valence-corrected chi connectivity index (χ1v) is 7.27. The summed E-state index contributed by atoms with van der Waals surface area (Å²) >= 11 is 7.57. The molecule has 3 rings (SSSR count). The molecular weight excluding hydrogens is 280 g/mol. The highest BCUT2D eigenvalue weighted by Crippen LogP contribution is 2.29. The van der Waals surface area contributed by atoms with Crippen LogP contribution in [0.2, 0.25) is 5.02 Å². The third-order valence-corrected chi connectivity index (χ3v) is 3.98. The van der Waals surface area contributed by atoms with E-state index in [4.69, 9.17) is 21.1 Å². The van der Waals surface area contributed by atoms with Gasteiger partial charge in [-0.3, -0.25) is 0 Å². The maximum absolute atomic E-state index is 5.86. The van der Waals surface area contributed by atoms with Crippen molar-refractivity contribution in [2.24, 2.45) is 0 Å². The summed E-state index contributed by atoms with van der Waals surface area (Å²) in [7, 11) is 0. The minimum Gasteiger partial charge on any atom is -0.491 e. The summed E-state index contributed by atoms with van der Waals surface area (Å²) < 4.78 is 10.7. The number of hydrogen-bond donors (Lipinski definition) is 0. The Morgan fingerprint density at radius 2 is 1.63 bits per heavy atom. The number of halogens is 1. The second kappa shape index (κ2) is 5.87. The number of epoxide rings is 1. The number of ether oxygens (including phenoxy) is 2. The van der Waals surface area contributed by atoms with Crippen LogP contribution in [0.4, 0.5) is 0 Å². The van der Waals surface area contributed by atoms with Crippen LogP contribution in [0.15, 0.2) is 58.3 Å². The van der Waals surface area contributed by atoms with E-state index in [1.165, 1.54) is 9.79 Å². The molecule has 2 nitrogen and oxygen atoms in total. The van der Waals surface area contributed by atoms with Crippen LogP contribution in [0, 0.1) is 0 Å². The van der Waals surface area contributed by atoms with Gasteiger partial charge in [-0.2, -0.15) is 0 Å². The molecule has 0 amide bonds. The van der Waals surface area contributed by atoms with Gasteiger partial charge in [0.25, 0.3) is 0 Å². The quantitative estimate of drug-likeness (QED) is 0.768. The first kappa shape index (κ1) is 12.9. The third kappa shape index (κ3) is 3.90. The van der Waals surface area contributed by atoms with Gasteiger partial charge in [0.2, 0.25) is 0 Å².